The fraction of sp³-hybridized carbons (Fsp3) is 0.545. The van der Waals surface area contributed by atoms with Crippen molar-refractivity contribution >= 4 is 28.8 Å². The van der Waals surface area contributed by atoms with Gasteiger partial charge in [-0.3, -0.25) is 4.79 Å². The quantitative estimate of drug-likeness (QED) is 0.870. The monoisotopic (exact) mass is 258 g/mol. The Kier molecular flexibility index (Phi) is 3.84. The van der Waals surface area contributed by atoms with Crippen LogP contribution in [0.4, 0.5) is 0 Å². The van der Waals surface area contributed by atoms with E-state index in [0.29, 0.717) is 6.42 Å². The standard InChI is InChI=1S/C11H15ClN2OS/c1-7(9-3-4-10(12)16-9)13-6-8-2-5-11(15)14-8/h3-4,7-8,13H,2,5-6H2,1H3,(H,14,15). The summed E-state index contributed by atoms with van der Waals surface area (Å²) in [6, 6.07) is 4.52. The molecular formula is C11H15ClN2OS. The first-order valence-corrected chi connectivity index (χ1v) is 6.62. The minimum atomic E-state index is 0.165. The zero-order chi connectivity index (χ0) is 11.5. The van der Waals surface area contributed by atoms with Crippen molar-refractivity contribution in [2.75, 3.05) is 6.54 Å². The maximum atomic E-state index is 11.0. The Bertz CT molecular complexity index is 380. The molecule has 0 spiro atoms. The Morgan fingerprint density at radius 3 is 3.06 bits per heavy atom. The number of hydrogen-bond donors (Lipinski definition) is 2. The fourth-order valence-electron chi connectivity index (χ4n) is 1.81. The van der Waals surface area contributed by atoms with Gasteiger partial charge in [0.2, 0.25) is 5.91 Å². The van der Waals surface area contributed by atoms with E-state index in [2.05, 4.69) is 17.6 Å². The predicted octanol–water partition coefficient (Wildman–Crippen LogP) is 2.33. The van der Waals surface area contributed by atoms with Crippen LogP contribution in [0.15, 0.2) is 12.1 Å². The highest BCUT2D eigenvalue weighted by atomic mass is 35.5. The minimum absolute atomic E-state index is 0.165. The van der Waals surface area contributed by atoms with E-state index in [-0.39, 0.29) is 18.0 Å². The third-order valence-corrected chi connectivity index (χ3v) is 4.19. The van der Waals surface area contributed by atoms with E-state index >= 15 is 0 Å². The Hall–Kier alpha value is -0.580. The van der Waals surface area contributed by atoms with Gasteiger partial charge in [-0.15, -0.1) is 11.3 Å². The van der Waals surface area contributed by atoms with Crippen molar-refractivity contribution in [3.8, 4) is 0 Å². The molecule has 2 atom stereocenters. The van der Waals surface area contributed by atoms with E-state index in [1.165, 1.54) is 4.88 Å². The highest BCUT2D eigenvalue weighted by Gasteiger charge is 2.21. The first kappa shape index (κ1) is 11.9. The van der Waals surface area contributed by atoms with Crippen LogP contribution in [0.2, 0.25) is 4.34 Å². The molecule has 1 saturated heterocycles. The molecule has 1 amide bonds. The highest BCUT2D eigenvalue weighted by molar-refractivity contribution is 7.16. The van der Waals surface area contributed by atoms with Crippen LogP contribution < -0.4 is 10.6 Å². The van der Waals surface area contributed by atoms with E-state index in [9.17, 15) is 4.79 Å². The van der Waals surface area contributed by atoms with Crippen LogP contribution >= 0.6 is 22.9 Å². The molecule has 0 aromatic carbocycles. The summed E-state index contributed by atoms with van der Waals surface area (Å²) in [5.74, 6) is 0.165. The maximum absolute atomic E-state index is 11.0. The zero-order valence-corrected chi connectivity index (χ0v) is 10.7. The van der Waals surface area contributed by atoms with Crippen LogP contribution in [0.3, 0.4) is 0 Å². The van der Waals surface area contributed by atoms with E-state index < -0.39 is 0 Å². The Balaban J connectivity index is 1.79. The van der Waals surface area contributed by atoms with Crippen LogP contribution in [0, 0.1) is 0 Å². The number of thiophene rings is 1. The minimum Gasteiger partial charge on any atom is -0.352 e. The number of halogens is 1. The molecule has 3 nitrogen and oxygen atoms in total. The average Bonchev–Trinajstić information content (AvgIpc) is 2.84. The van der Waals surface area contributed by atoms with Crippen molar-refractivity contribution in [2.24, 2.45) is 0 Å². The Labute approximate surface area is 104 Å². The molecule has 2 heterocycles. The second-order valence-electron chi connectivity index (χ2n) is 4.07. The summed E-state index contributed by atoms with van der Waals surface area (Å²) in [4.78, 5) is 12.2. The van der Waals surface area contributed by atoms with Gasteiger partial charge in [-0.25, -0.2) is 0 Å². The van der Waals surface area contributed by atoms with Crippen LogP contribution in [-0.4, -0.2) is 18.5 Å². The van der Waals surface area contributed by atoms with Crippen molar-refractivity contribution in [1.29, 1.82) is 0 Å². The summed E-state index contributed by atoms with van der Waals surface area (Å²) in [6.45, 7) is 2.93. The molecule has 0 radical (unpaired) electrons. The van der Waals surface area contributed by atoms with Crippen molar-refractivity contribution < 1.29 is 4.79 Å². The number of carbonyl (C=O) groups excluding carboxylic acids is 1. The summed E-state index contributed by atoms with van der Waals surface area (Å²) in [5, 5.41) is 6.35. The van der Waals surface area contributed by atoms with E-state index in [4.69, 9.17) is 11.6 Å². The fourth-order valence-corrected chi connectivity index (χ4v) is 2.90. The van der Waals surface area contributed by atoms with Crippen LogP contribution in [0.5, 0.6) is 0 Å². The van der Waals surface area contributed by atoms with Crippen molar-refractivity contribution in [3.63, 3.8) is 0 Å². The molecule has 1 aromatic rings. The lowest BCUT2D eigenvalue weighted by atomic mass is 10.2. The molecule has 1 aliphatic rings. The van der Waals surface area contributed by atoms with E-state index in [0.717, 1.165) is 17.3 Å². The lowest BCUT2D eigenvalue weighted by molar-refractivity contribution is -0.119. The summed E-state index contributed by atoms with van der Waals surface area (Å²) in [5.41, 5.74) is 0. The lowest BCUT2D eigenvalue weighted by Crippen LogP contribution is -2.36. The summed E-state index contributed by atoms with van der Waals surface area (Å²) in [7, 11) is 0. The van der Waals surface area contributed by atoms with Gasteiger partial charge in [-0.2, -0.15) is 0 Å². The molecule has 0 saturated carbocycles. The van der Waals surface area contributed by atoms with Gasteiger partial charge in [0.05, 0.1) is 4.34 Å². The highest BCUT2D eigenvalue weighted by Crippen LogP contribution is 2.26. The van der Waals surface area contributed by atoms with Gasteiger partial charge >= 0.3 is 0 Å². The number of amides is 1. The van der Waals surface area contributed by atoms with Gasteiger partial charge in [-0.05, 0) is 25.5 Å². The molecule has 1 fully saturated rings. The number of nitrogens with one attached hydrogen (secondary N) is 2. The van der Waals surface area contributed by atoms with E-state index in [1.54, 1.807) is 11.3 Å². The summed E-state index contributed by atoms with van der Waals surface area (Å²) < 4.78 is 0.817. The lowest BCUT2D eigenvalue weighted by Gasteiger charge is -2.16. The SMILES string of the molecule is CC(NCC1CCC(=O)N1)c1ccc(Cl)s1. The van der Waals surface area contributed by atoms with E-state index in [1.807, 2.05) is 12.1 Å². The summed E-state index contributed by atoms with van der Waals surface area (Å²) >= 11 is 7.48. The van der Waals surface area contributed by atoms with Gasteiger partial charge in [0.15, 0.2) is 0 Å². The predicted molar refractivity (Wildman–Crippen MR) is 66.9 cm³/mol. The Morgan fingerprint density at radius 2 is 2.50 bits per heavy atom. The number of rotatable bonds is 4. The van der Waals surface area contributed by atoms with Gasteiger partial charge in [0.1, 0.15) is 0 Å². The third kappa shape index (κ3) is 2.97. The van der Waals surface area contributed by atoms with Crippen LogP contribution in [-0.2, 0) is 4.79 Å². The topological polar surface area (TPSA) is 41.1 Å². The first-order chi connectivity index (χ1) is 7.65. The number of hydrogen-bond acceptors (Lipinski definition) is 3. The molecule has 2 unspecified atom stereocenters. The van der Waals surface area contributed by atoms with Gasteiger partial charge in [-0.1, -0.05) is 11.6 Å². The van der Waals surface area contributed by atoms with Crippen molar-refractivity contribution in [1.82, 2.24) is 10.6 Å². The van der Waals surface area contributed by atoms with Crippen LogP contribution in [0.25, 0.3) is 0 Å². The normalized spacial score (nSPS) is 22.1. The molecule has 2 N–H and O–H groups in total. The molecule has 16 heavy (non-hydrogen) atoms. The van der Waals surface area contributed by atoms with Gasteiger partial charge in [0, 0.05) is 29.9 Å². The molecule has 2 rings (SSSR count). The van der Waals surface area contributed by atoms with Crippen LogP contribution in [0.1, 0.15) is 30.7 Å². The third-order valence-electron chi connectivity index (χ3n) is 2.78. The first-order valence-electron chi connectivity index (χ1n) is 5.43. The summed E-state index contributed by atoms with van der Waals surface area (Å²) in [6.07, 6.45) is 1.59. The second-order valence-corrected chi connectivity index (χ2v) is 5.82. The van der Waals surface area contributed by atoms with Crippen molar-refractivity contribution in [3.05, 3.63) is 21.3 Å². The zero-order valence-electron chi connectivity index (χ0n) is 9.13. The smallest absolute Gasteiger partial charge is 0.220 e. The van der Waals surface area contributed by atoms with Gasteiger partial charge in [0.25, 0.3) is 0 Å². The number of carbonyl (C=O) groups is 1. The molecular weight excluding hydrogens is 244 g/mol. The van der Waals surface area contributed by atoms with Crippen molar-refractivity contribution in [2.45, 2.75) is 31.8 Å². The maximum Gasteiger partial charge on any atom is 0.220 e. The second kappa shape index (κ2) is 5.17. The molecule has 1 aromatic heterocycles. The average molecular weight is 259 g/mol. The van der Waals surface area contributed by atoms with Gasteiger partial charge < -0.3 is 10.6 Å². The molecule has 0 aliphatic carbocycles. The molecule has 88 valence electrons. The molecule has 0 bridgehead atoms. The largest absolute Gasteiger partial charge is 0.352 e. The Morgan fingerprint density at radius 1 is 1.69 bits per heavy atom. The molecule has 1 aliphatic heterocycles. The molecule has 5 heteroatoms.